The van der Waals surface area contributed by atoms with E-state index in [-0.39, 0.29) is 12.2 Å². The van der Waals surface area contributed by atoms with Crippen LogP contribution in [0.25, 0.3) is 0 Å². The number of nitrogens with zero attached hydrogens (tertiary/aromatic N) is 2. The Kier molecular flexibility index (Phi) is 4.09. The molecule has 0 aliphatic carbocycles. The Morgan fingerprint density at radius 2 is 1.95 bits per heavy atom. The van der Waals surface area contributed by atoms with Crippen LogP contribution in [0.2, 0.25) is 0 Å². The van der Waals surface area contributed by atoms with Gasteiger partial charge in [-0.05, 0) is 17.7 Å². The minimum atomic E-state index is -0.453. The van der Waals surface area contributed by atoms with Gasteiger partial charge in [-0.2, -0.15) is 5.10 Å². The molecule has 0 spiro atoms. The highest BCUT2D eigenvalue weighted by molar-refractivity contribution is 5.95. The number of amides is 2. The molecule has 0 unspecified atom stereocenters. The van der Waals surface area contributed by atoms with Crippen molar-refractivity contribution in [2.45, 2.75) is 6.42 Å². The van der Waals surface area contributed by atoms with Crippen LogP contribution in [0.1, 0.15) is 15.9 Å². The van der Waals surface area contributed by atoms with Crippen LogP contribution in [-0.4, -0.2) is 21.6 Å². The van der Waals surface area contributed by atoms with Gasteiger partial charge in [0, 0.05) is 13.2 Å². The Hall–Kier alpha value is -2.70. The number of carbonyl (C=O) groups excluding carboxylic acids is 2. The van der Waals surface area contributed by atoms with Crippen molar-refractivity contribution in [3.05, 3.63) is 53.6 Å². The van der Waals surface area contributed by atoms with Gasteiger partial charge in [0.2, 0.25) is 5.91 Å². The number of hydrazine groups is 1. The highest BCUT2D eigenvalue weighted by atomic mass is 19.1. The molecule has 1 heterocycles. The zero-order chi connectivity index (χ0) is 14.5. The number of hydrogen-bond donors (Lipinski definition) is 2. The van der Waals surface area contributed by atoms with E-state index in [0.717, 1.165) is 0 Å². The summed E-state index contributed by atoms with van der Waals surface area (Å²) in [5, 5.41) is 3.85. The molecule has 1 aromatic carbocycles. The maximum Gasteiger partial charge on any atom is 0.272 e. The van der Waals surface area contributed by atoms with Crippen molar-refractivity contribution in [2.75, 3.05) is 0 Å². The molecule has 2 aromatic rings. The SMILES string of the molecule is Cn1cc(C(=O)NNC(=O)Cc2ccc(F)cc2)cn1. The predicted molar refractivity (Wildman–Crippen MR) is 68.9 cm³/mol. The van der Waals surface area contributed by atoms with Crippen molar-refractivity contribution >= 4 is 11.8 Å². The average molecular weight is 276 g/mol. The Balaban J connectivity index is 1.83. The Morgan fingerprint density at radius 3 is 2.55 bits per heavy atom. The van der Waals surface area contributed by atoms with Gasteiger partial charge in [-0.25, -0.2) is 4.39 Å². The minimum absolute atomic E-state index is 0.0492. The van der Waals surface area contributed by atoms with E-state index in [4.69, 9.17) is 0 Å². The lowest BCUT2D eigenvalue weighted by Crippen LogP contribution is -2.42. The number of benzene rings is 1. The summed E-state index contributed by atoms with van der Waals surface area (Å²) in [4.78, 5) is 23.2. The van der Waals surface area contributed by atoms with Crippen LogP contribution < -0.4 is 10.9 Å². The van der Waals surface area contributed by atoms with Crippen LogP contribution in [-0.2, 0) is 18.3 Å². The van der Waals surface area contributed by atoms with Gasteiger partial charge < -0.3 is 0 Å². The normalized spacial score (nSPS) is 10.1. The van der Waals surface area contributed by atoms with Crippen molar-refractivity contribution in [2.24, 2.45) is 7.05 Å². The van der Waals surface area contributed by atoms with Gasteiger partial charge >= 0.3 is 0 Å². The summed E-state index contributed by atoms with van der Waals surface area (Å²) in [5.74, 6) is -1.21. The number of hydrogen-bond acceptors (Lipinski definition) is 3. The molecule has 0 aliphatic rings. The van der Waals surface area contributed by atoms with E-state index in [1.165, 1.54) is 41.3 Å². The molecular formula is C13H13FN4O2. The summed E-state index contributed by atoms with van der Waals surface area (Å²) in [6.45, 7) is 0. The lowest BCUT2D eigenvalue weighted by Gasteiger charge is -2.06. The average Bonchev–Trinajstić information content (AvgIpc) is 2.85. The molecule has 104 valence electrons. The van der Waals surface area contributed by atoms with E-state index in [1.54, 1.807) is 7.05 Å². The summed E-state index contributed by atoms with van der Waals surface area (Å²) in [6.07, 6.45) is 2.97. The third-order valence-electron chi connectivity index (χ3n) is 2.56. The van der Waals surface area contributed by atoms with E-state index in [0.29, 0.717) is 11.1 Å². The molecule has 20 heavy (non-hydrogen) atoms. The lowest BCUT2D eigenvalue weighted by atomic mass is 10.1. The van der Waals surface area contributed by atoms with Crippen LogP contribution in [0.3, 0.4) is 0 Å². The number of aryl methyl sites for hydroxylation is 1. The van der Waals surface area contributed by atoms with Gasteiger partial charge in [0.1, 0.15) is 5.82 Å². The lowest BCUT2D eigenvalue weighted by molar-refractivity contribution is -0.121. The van der Waals surface area contributed by atoms with Crippen LogP contribution >= 0.6 is 0 Å². The highest BCUT2D eigenvalue weighted by Gasteiger charge is 2.09. The Morgan fingerprint density at radius 1 is 1.25 bits per heavy atom. The van der Waals surface area contributed by atoms with Crippen molar-refractivity contribution in [1.29, 1.82) is 0 Å². The zero-order valence-electron chi connectivity index (χ0n) is 10.8. The zero-order valence-corrected chi connectivity index (χ0v) is 10.8. The molecule has 6 nitrogen and oxygen atoms in total. The fourth-order valence-electron chi connectivity index (χ4n) is 1.57. The fraction of sp³-hybridized carbons (Fsp3) is 0.154. The van der Waals surface area contributed by atoms with Gasteiger partial charge in [-0.1, -0.05) is 12.1 Å². The first-order valence-electron chi connectivity index (χ1n) is 5.87. The standard InChI is InChI=1S/C13H13FN4O2/c1-18-8-10(7-15-18)13(20)17-16-12(19)6-9-2-4-11(14)5-3-9/h2-5,7-8H,6H2,1H3,(H,16,19)(H,17,20). The Labute approximate surface area is 114 Å². The first-order valence-corrected chi connectivity index (χ1v) is 5.87. The second-order valence-corrected chi connectivity index (χ2v) is 4.21. The molecule has 0 atom stereocenters. The van der Waals surface area contributed by atoms with Gasteiger partial charge in [-0.15, -0.1) is 0 Å². The molecule has 0 bridgehead atoms. The van der Waals surface area contributed by atoms with E-state index in [2.05, 4.69) is 16.0 Å². The molecule has 7 heteroatoms. The van der Waals surface area contributed by atoms with Crippen LogP contribution in [0, 0.1) is 5.82 Å². The van der Waals surface area contributed by atoms with Gasteiger partial charge in [0.15, 0.2) is 0 Å². The van der Waals surface area contributed by atoms with Crippen molar-refractivity contribution in [3.63, 3.8) is 0 Å². The molecule has 0 saturated heterocycles. The van der Waals surface area contributed by atoms with Crippen molar-refractivity contribution in [3.8, 4) is 0 Å². The van der Waals surface area contributed by atoms with E-state index in [1.807, 2.05) is 0 Å². The first-order chi connectivity index (χ1) is 9.54. The van der Waals surface area contributed by atoms with Crippen LogP contribution in [0.15, 0.2) is 36.7 Å². The molecule has 1 aromatic heterocycles. The van der Waals surface area contributed by atoms with Crippen LogP contribution in [0.5, 0.6) is 0 Å². The molecule has 0 fully saturated rings. The molecule has 2 amide bonds. The second kappa shape index (κ2) is 5.96. The summed E-state index contributed by atoms with van der Waals surface area (Å²) in [5.41, 5.74) is 5.56. The summed E-state index contributed by atoms with van der Waals surface area (Å²) in [7, 11) is 1.68. The third kappa shape index (κ3) is 3.64. The quantitative estimate of drug-likeness (QED) is 0.804. The second-order valence-electron chi connectivity index (χ2n) is 4.21. The summed E-state index contributed by atoms with van der Waals surface area (Å²) < 4.78 is 14.2. The van der Waals surface area contributed by atoms with Gasteiger partial charge in [0.05, 0.1) is 18.2 Å². The van der Waals surface area contributed by atoms with E-state index >= 15 is 0 Å². The largest absolute Gasteiger partial charge is 0.275 e. The topological polar surface area (TPSA) is 76.0 Å². The van der Waals surface area contributed by atoms with E-state index < -0.39 is 11.8 Å². The maximum absolute atomic E-state index is 12.7. The monoisotopic (exact) mass is 276 g/mol. The highest BCUT2D eigenvalue weighted by Crippen LogP contribution is 2.03. The van der Waals surface area contributed by atoms with E-state index in [9.17, 15) is 14.0 Å². The van der Waals surface area contributed by atoms with Crippen molar-refractivity contribution < 1.29 is 14.0 Å². The molecular weight excluding hydrogens is 263 g/mol. The summed E-state index contributed by atoms with van der Waals surface area (Å²) in [6, 6.07) is 5.57. The number of rotatable bonds is 3. The number of carbonyl (C=O) groups is 2. The number of aromatic nitrogens is 2. The molecule has 0 radical (unpaired) electrons. The fourth-order valence-corrected chi connectivity index (χ4v) is 1.57. The first kappa shape index (κ1) is 13.7. The predicted octanol–water partition coefficient (Wildman–Crippen LogP) is 0.563. The van der Waals surface area contributed by atoms with Crippen LogP contribution in [0.4, 0.5) is 4.39 Å². The maximum atomic E-state index is 12.7. The van der Waals surface area contributed by atoms with Gasteiger partial charge in [-0.3, -0.25) is 25.1 Å². The molecule has 2 rings (SSSR count). The Bertz CT molecular complexity index is 622. The van der Waals surface area contributed by atoms with Gasteiger partial charge in [0.25, 0.3) is 5.91 Å². The number of nitrogens with one attached hydrogen (secondary N) is 2. The summed E-state index contributed by atoms with van der Waals surface area (Å²) >= 11 is 0. The molecule has 0 saturated carbocycles. The molecule has 0 aliphatic heterocycles. The third-order valence-corrected chi connectivity index (χ3v) is 2.56. The van der Waals surface area contributed by atoms with Crippen molar-refractivity contribution in [1.82, 2.24) is 20.6 Å². The smallest absolute Gasteiger partial charge is 0.272 e. The number of halogens is 1. The minimum Gasteiger partial charge on any atom is -0.275 e. The molecule has 2 N–H and O–H groups in total.